The van der Waals surface area contributed by atoms with Gasteiger partial charge in [0.25, 0.3) is 0 Å². The molecular formula is C13H17N3OS. The maximum atomic E-state index is 6.14. The lowest BCUT2D eigenvalue weighted by Crippen LogP contribution is -2.34. The first-order valence-corrected chi connectivity index (χ1v) is 7.38. The molecule has 2 N–H and O–H groups in total. The van der Waals surface area contributed by atoms with Crippen molar-refractivity contribution in [2.45, 2.75) is 38.1 Å². The first-order chi connectivity index (χ1) is 8.83. The van der Waals surface area contributed by atoms with Crippen LogP contribution in [0.5, 0.6) is 0 Å². The third-order valence-electron chi connectivity index (χ3n) is 3.65. The molecular weight excluding hydrogens is 246 g/mol. The fourth-order valence-corrected chi connectivity index (χ4v) is 3.20. The minimum absolute atomic E-state index is 0.287. The van der Waals surface area contributed by atoms with Gasteiger partial charge in [0.05, 0.1) is 0 Å². The van der Waals surface area contributed by atoms with E-state index < -0.39 is 0 Å². The number of rotatable bonds is 3. The fraction of sp³-hybridized carbons (Fsp3) is 0.538. The Bertz CT molecular complexity index is 494. The van der Waals surface area contributed by atoms with Crippen molar-refractivity contribution >= 4 is 11.3 Å². The standard InChI is InChI=1S/C13H17N3OS/c14-11-4-2-1-3-9(11)7-12-15-13(16-17-12)10-5-6-18-8-10/h5-6,8-9,11H,1-4,7,14H2. The van der Waals surface area contributed by atoms with Crippen molar-refractivity contribution in [3.8, 4) is 11.4 Å². The van der Waals surface area contributed by atoms with Gasteiger partial charge in [-0.15, -0.1) is 0 Å². The molecule has 2 aromatic rings. The van der Waals surface area contributed by atoms with Crippen molar-refractivity contribution in [3.05, 3.63) is 22.7 Å². The number of hydrogen-bond donors (Lipinski definition) is 1. The lowest BCUT2D eigenvalue weighted by molar-refractivity contribution is 0.273. The second-order valence-corrected chi connectivity index (χ2v) is 5.72. The molecule has 18 heavy (non-hydrogen) atoms. The lowest BCUT2D eigenvalue weighted by Gasteiger charge is -2.27. The average molecular weight is 263 g/mol. The van der Waals surface area contributed by atoms with Crippen LogP contribution in [0.1, 0.15) is 31.6 Å². The molecule has 2 heterocycles. The molecule has 4 nitrogen and oxygen atoms in total. The molecule has 0 aromatic carbocycles. The number of thiophene rings is 1. The van der Waals surface area contributed by atoms with Crippen molar-refractivity contribution in [3.63, 3.8) is 0 Å². The summed E-state index contributed by atoms with van der Waals surface area (Å²) in [5, 5.41) is 8.07. The maximum absolute atomic E-state index is 6.14. The lowest BCUT2D eigenvalue weighted by atomic mass is 9.83. The smallest absolute Gasteiger partial charge is 0.227 e. The van der Waals surface area contributed by atoms with Gasteiger partial charge in [0, 0.05) is 23.4 Å². The van der Waals surface area contributed by atoms with Gasteiger partial charge < -0.3 is 10.3 Å². The van der Waals surface area contributed by atoms with Crippen LogP contribution in [0.3, 0.4) is 0 Å². The Kier molecular flexibility index (Phi) is 3.43. The molecule has 1 aliphatic carbocycles. The van der Waals surface area contributed by atoms with Gasteiger partial charge in [-0.3, -0.25) is 0 Å². The zero-order valence-corrected chi connectivity index (χ0v) is 11.0. The SMILES string of the molecule is NC1CCCCC1Cc1nc(-c2ccsc2)no1. The predicted molar refractivity (Wildman–Crippen MR) is 71.2 cm³/mol. The summed E-state index contributed by atoms with van der Waals surface area (Å²) in [6.45, 7) is 0. The summed E-state index contributed by atoms with van der Waals surface area (Å²) in [7, 11) is 0. The van der Waals surface area contributed by atoms with Crippen LogP contribution in [-0.4, -0.2) is 16.2 Å². The Morgan fingerprint density at radius 2 is 2.28 bits per heavy atom. The van der Waals surface area contributed by atoms with Gasteiger partial charge in [0.2, 0.25) is 11.7 Å². The zero-order chi connectivity index (χ0) is 12.4. The van der Waals surface area contributed by atoms with Crippen LogP contribution in [0, 0.1) is 5.92 Å². The van der Waals surface area contributed by atoms with Gasteiger partial charge in [-0.25, -0.2) is 0 Å². The van der Waals surface area contributed by atoms with E-state index in [0.717, 1.165) is 24.3 Å². The van der Waals surface area contributed by atoms with Gasteiger partial charge in [-0.05, 0) is 30.2 Å². The third kappa shape index (κ3) is 2.47. The van der Waals surface area contributed by atoms with Gasteiger partial charge in [-0.2, -0.15) is 16.3 Å². The summed E-state index contributed by atoms with van der Waals surface area (Å²) in [6.07, 6.45) is 5.64. The van der Waals surface area contributed by atoms with Crippen molar-refractivity contribution < 1.29 is 4.52 Å². The summed E-state index contributed by atoms with van der Waals surface area (Å²) in [5.74, 6) is 1.91. The summed E-state index contributed by atoms with van der Waals surface area (Å²) < 4.78 is 5.33. The molecule has 2 atom stereocenters. The minimum Gasteiger partial charge on any atom is -0.339 e. The van der Waals surface area contributed by atoms with E-state index in [4.69, 9.17) is 10.3 Å². The fourth-order valence-electron chi connectivity index (χ4n) is 2.56. The van der Waals surface area contributed by atoms with E-state index in [1.165, 1.54) is 19.3 Å². The Morgan fingerprint density at radius 1 is 1.39 bits per heavy atom. The quantitative estimate of drug-likeness (QED) is 0.924. The van der Waals surface area contributed by atoms with E-state index in [-0.39, 0.29) is 6.04 Å². The van der Waals surface area contributed by atoms with E-state index in [1.807, 2.05) is 16.8 Å². The second-order valence-electron chi connectivity index (χ2n) is 4.94. The molecule has 1 saturated carbocycles. The highest BCUT2D eigenvalue weighted by molar-refractivity contribution is 7.08. The summed E-state index contributed by atoms with van der Waals surface area (Å²) >= 11 is 1.64. The van der Waals surface area contributed by atoms with E-state index >= 15 is 0 Å². The molecule has 3 rings (SSSR count). The largest absolute Gasteiger partial charge is 0.339 e. The maximum Gasteiger partial charge on any atom is 0.227 e. The molecule has 0 bridgehead atoms. The second kappa shape index (κ2) is 5.20. The average Bonchev–Trinajstić information content (AvgIpc) is 3.02. The van der Waals surface area contributed by atoms with Crippen LogP contribution in [-0.2, 0) is 6.42 Å². The first-order valence-electron chi connectivity index (χ1n) is 6.43. The number of aromatic nitrogens is 2. The highest BCUT2D eigenvalue weighted by Gasteiger charge is 2.24. The molecule has 1 aliphatic rings. The molecule has 96 valence electrons. The molecule has 0 saturated heterocycles. The van der Waals surface area contributed by atoms with Crippen molar-refractivity contribution in [2.75, 3.05) is 0 Å². The Morgan fingerprint density at radius 3 is 3.06 bits per heavy atom. The van der Waals surface area contributed by atoms with Crippen LogP contribution in [0.15, 0.2) is 21.3 Å². The first kappa shape index (κ1) is 11.9. The Hall–Kier alpha value is -1.20. The van der Waals surface area contributed by atoms with Gasteiger partial charge in [0.15, 0.2) is 0 Å². The van der Waals surface area contributed by atoms with Gasteiger partial charge in [0.1, 0.15) is 0 Å². The molecule has 0 amide bonds. The predicted octanol–water partition coefficient (Wildman–Crippen LogP) is 2.86. The van der Waals surface area contributed by atoms with Gasteiger partial charge >= 0.3 is 0 Å². The summed E-state index contributed by atoms with van der Waals surface area (Å²) in [4.78, 5) is 4.45. The molecule has 0 spiro atoms. The van der Waals surface area contributed by atoms with E-state index in [0.29, 0.717) is 11.7 Å². The van der Waals surface area contributed by atoms with E-state index in [2.05, 4.69) is 10.1 Å². The highest BCUT2D eigenvalue weighted by Crippen LogP contribution is 2.26. The highest BCUT2D eigenvalue weighted by atomic mass is 32.1. The zero-order valence-electron chi connectivity index (χ0n) is 10.2. The molecule has 0 aliphatic heterocycles. The van der Waals surface area contributed by atoms with Gasteiger partial charge in [-0.1, -0.05) is 18.0 Å². The number of hydrogen-bond acceptors (Lipinski definition) is 5. The van der Waals surface area contributed by atoms with E-state index in [1.54, 1.807) is 11.3 Å². The number of nitrogens with two attached hydrogens (primary N) is 1. The molecule has 2 aromatic heterocycles. The van der Waals surface area contributed by atoms with Crippen molar-refractivity contribution in [1.29, 1.82) is 0 Å². The van der Waals surface area contributed by atoms with Crippen LogP contribution in [0.2, 0.25) is 0 Å². The Labute approximate surface area is 110 Å². The third-order valence-corrected chi connectivity index (χ3v) is 4.34. The van der Waals surface area contributed by atoms with E-state index in [9.17, 15) is 0 Å². The van der Waals surface area contributed by atoms with Crippen LogP contribution in [0.4, 0.5) is 0 Å². The summed E-state index contributed by atoms with van der Waals surface area (Å²) in [6, 6.07) is 2.29. The summed E-state index contributed by atoms with van der Waals surface area (Å²) in [5.41, 5.74) is 7.17. The Balaban J connectivity index is 1.70. The van der Waals surface area contributed by atoms with Crippen molar-refractivity contribution in [1.82, 2.24) is 10.1 Å². The molecule has 5 heteroatoms. The van der Waals surface area contributed by atoms with Crippen LogP contribution >= 0.6 is 11.3 Å². The number of nitrogens with zero attached hydrogens (tertiary/aromatic N) is 2. The monoisotopic (exact) mass is 263 g/mol. The van der Waals surface area contributed by atoms with Crippen LogP contribution in [0.25, 0.3) is 11.4 Å². The minimum atomic E-state index is 0.287. The topological polar surface area (TPSA) is 64.9 Å². The van der Waals surface area contributed by atoms with Crippen molar-refractivity contribution in [2.24, 2.45) is 11.7 Å². The normalized spacial score (nSPS) is 24.3. The molecule has 0 radical (unpaired) electrons. The molecule has 1 fully saturated rings. The van der Waals surface area contributed by atoms with Crippen LogP contribution < -0.4 is 5.73 Å². The molecule has 2 unspecified atom stereocenters.